The van der Waals surface area contributed by atoms with Gasteiger partial charge in [-0.3, -0.25) is 0 Å². The van der Waals surface area contributed by atoms with Gasteiger partial charge in [0.2, 0.25) is 0 Å². The predicted molar refractivity (Wildman–Crippen MR) is 376 cm³/mol. The van der Waals surface area contributed by atoms with E-state index in [9.17, 15) is 2.74 Å². The van der Waals surface area contributed by atoms with Gasteiger partial charge in [0.05, 0.1) is 6.85 Å². The molecule has 91 heavy (non-hydrogen) atoms. The summed E-state index contributed by atoms with van der Waals surface area (Å²) in [6.07, 6.45) is 4.03. The topological polar surface area (TPSA) is 35.9 Å². The molecule has 0 saturated heterocycles. The maximum Gasteiger partial charge on any atom is 2.00 e. The summed E-state index contributed by atoms with van der Waals surface area (Å²) < 4.78 is 58.9. The molecule has 0 saturated carbocycles. The minimum Gasteiger partial charge on any atom is -0.509 e. The van der Waals surface area contributed by atoms with E-state index < -0.39 is 26.2 Å². The molecule has 0 N–H and O–H groups in total. The van der Waals surface area contributed by atoms with Crippen LogP contribution >= 0.6 is 0 Å². The van der Waals surface area contributed by atoms with Crippen LogP contribution < -0.4 is 30.1 Å². The molecule has 0 atom stereocenters. The van der Waals surface area contributed by atoms with Crippen LogP contribution in [0.5, 0.6) is 11.5 Å². The molecule has 11 aromatic carbocycles. The van der Waals surface area contributed by atoms with Crippen LogP contribution in [-0.4, -0.2) is 22.2 Å². The van der Waals surface area contributed by atoms with Crippen LogP contribution in [0.4, 0.5) is 0 Å². The standard InChI is InChI=1S/C84H71N4OSi.Pt/c1-82(2,3)58-45-46-85-79(51-58)88-76-44-42-66(90(63-31-16-11-17-32-63,64-33-18-12-19-34-64)65-35-20-13-21-36-65)54-72(76)71-43-41-62(53-77(71)88)89-61-30-26-29-60(52-61)86-55-87-80-74(49-59(83(4,5)6)50-75(80)84(7,8)9)70-40-25-23-38-68(70)67-37-22-24-39-69(67)73-47-57(48-78(86)81(73)87)56-27-14-10-15-28-56;/h10-51,54-55H,1-9H3;/q-1;+2/i10D,14D,15D,27D,28D;. The van der Waals surface area contributed by atoms with E-state index in [4.69, 9.17) is 13.8 Å². The number of imidazole rings is 1. The van der Waals surface area contributed by atoms with Crippen LogP contribution in [0.2, 0.25) is 0 Å². The molecular formula is C84H71N4OPtSi+. The van der Waals surface area contributed by atoms with E-state index in [-0.39, 0.29) is 55.0 Å². The summed E-state index contributed by atoms with van der Waals surface area (Å²) in [6, 6.07) is 85.8. The number of ether oxygens (including phenoxy) is 1. The van der Waals surface area contributed by atoms with Crippen molar-refractivity contribution in [1.29, 1.82) is 0 Å². The average molecular weight is 1380 g/mol. The van der Waals surface area contributed by atoms with Crippen molar-refractivity contribution in [3.8, 4) is 73.2 Å². The molecule has 4 heterocycles. The van der Waals surface area contributed by atoms with Gasteiger partial charge in [-0.05, 0) is 123 Å². The van der Waals surface area contributed by atoms with E-state index in [1.807, 2.05) is 48.7 Å². The van der Waals surface area contributed by atoms with E-state index in [1.165, 1.54) is 26.3 Å². The molecule has 0 amide bonds. The minimum absolute atomic E-state index is 0. The fourth-order valence-corrected chi connectivity index (χ4v) is 18.5. The number of hydrogen-bond acceptors (Lipinski definition) is 2. The van der Waals surface area contributed by atoms with Crippen molar-refractivity contribution in [1.82, 2.24) is 14.1 Å². The van der Waals surface area contributed by atoms with Gasteiger partial charge in [-0.25, -0.2) is 9.55 Å². The Kier molecular flexibility index (Phi) is 13.4. The molecule has 7 heteroatoms. The molecule has 15 rings (SSSR count). The van der Waals surface area contributed by atoms with Gasteiger partial charge in [-0.15, -0.1) is 29.7 Å². The quantitative estimate of drug-likeness (QED) is 0.0625. The van der Waals surface area contributed by atoms with Crippen molar-refractivity contribution >= 4 is 61.7 Å². The molecule has 3 aromatic heterocycles. The molecule has 1 aliphatic heterocycles. The number of hydrogen-bond donors (Lipinski definition) is 0. The maximum absolute atomic E-state index is 9.39. The van der Waals surface area contributed by atoms with E-state index >= 15 is 0 Å². The third-order valence-electron chi connectivity index (χ3n) is 18.1. The number of fused-ring (bicyclic) bond motifs is 10. The summed E-state index contributed by atoms with van der Waals surface area (Å²) in [5, 5.41) is 7.20. The fourth-order valence-electron chi connectivity index (χ4n) is 13.7. The summed E-state index contributed by atoms with van der Waals surface area (Å²) in [6.45, 7) is 20.3. The van der Waals surface area contributed by atoms with Crippen LogP contribution in [0.15, 0.2) is 267 Å². The number of pyridine rings is 1. The molecule has 5 nitrogen and oxygen atoms in total. The number of aromatic nitrogens is 4. The number of nitrogens with zero attached hydrogens (tertiary/aromatic N) is 4. The molecule has 0 radical (unpaired) electrons. The third kappa shape index (κ3) is 10.2. The third-order valence-corrected chi connectivity index (χ3v) is 22.9. The van der Waals surface area contributed by atoms with Gasteiger partial charge >= 0.3 is 21.1 Å². The first kappa shape index (κ1) is 53.4. The molecule has 0 fully saturated rings. The first-order chi connectivity index (χ1) is 45.6. The normalized spacial score (nSPS) is 13.1. The second kappa shape index (κ2) is 22.8. The molecule has 1 aliphatic rings. The van der Waals surface area contributed by atoms with Crippen molar-refractivity contribution in [2.45, 2.75) is 78.6 Å². The Balaban J connectivity index is 0.00000792. The van der Waals surface area contributed by atoms with Crippen LogP contribution in [0, 0.1) is 12.1 Å². The van der Waals surface area contributed by atoms with Gasteiger partial charge in [0, 0.05) is 45.6 Å². The zero-order chi connectivity index (χ0) is 66.0. The summed E-state index contributed by atoms with van der Waals surface area (Å²) in [7, 11) is -2.94. The fraction of sp³-hybridized carbons (Fsp3) is 0.143. The van der Waals surface area contributed by atoms with E-state index in [2.05, 4.69) is 276 Å². The molecular weight excluding hydrogens is 1300 g/mol. The van der Waals surface area contributed by atoms with Crippen molar-refractivity contribution < 1.29 is 37.2 Å². The van der Waals surface area contributed by atoms with Gasteiger partial charge in [-0.2, -0.15) is 16.7 Å². The Hall–Kier alpha value is -9.45. The Morgan fingerprint density at radius 3 is 1.65 bits per heavy atom. The van der Waals surface area contributed by atoms with Crippen molar-refractivity contribution in [2.75, 3.05) is 0 Å². The van der Waals surface area contributed by atoms with Gasteiger partial charge in [0.25, 0.3) is 6.33 Å². The van der Waals surface area contributed by atoms with Crippen molar-refractivity contribution in [3.63, 3.8) is 0 Å². The molecule has 0 spiro atoms. The predicted octanol–water partition coefficient (Wildman–Crippen LogP) is 18.0. The second-order valence-corrected chi connectivity index (χ2v) is 30.7. The Morgan fingerprint density at radius 1 is 0.462 bits per heavy atom. The number of rotatable bonds is 9. The molecule has 446 valence electrons. The molecule has 14 aromatic rings. The monoisotopic (exact) mass is 1380 g/mol. The van der Waals surface area contributed by atoms with Crippen LogP contribution in [0.25, 0.3) is 94.5 Å². The van der Waals surface area contributed by atoms with E-state index in [1.54, 1.807) is 0 Å². The Bertz CT molecular complexity index is 5290. The Morgan fingerprint density at radius 2 is 1.04 bits per heavy atom. The average Bonchev–Trinajstić information content (AvgIpc) is 1.51. The smallest absolute Gasteiger partial charge is 0.509 e. The minimum atomic E-state index is -2.94. The van der Waals surface area contributed by atoms with E-state index in [0.29, 0.717) is 22.7 Å². The maximum atomic E-state index is 9.39. The van der Waals surface area contributed by atoms with Gasteiger partial charge in [0.15, 0.2) is 19.1 Å². The largest absolute Gasteiger partial charge is 2.00 e. The second-order valence-electron chi connectivity index (χ2n) is 26.9. The van der Waals surface area contributed by atoms with Crippen molar-refractivity contribution in [3.05, 3.63) is 296 Å². The van der Waals surface area contributed by atoms with Crippen LogP contribution in [0.1, 0.15) is 85.9 Å². The SMILES string of the molecule is [2H]c1c([2H])c([2H])c(-c2cc3c4c(c2)n(-c2[c-]c(Oc5[c-]c6c(cc5)c5cc([Si](c7ccccc7)(c7ccccc7)c7ccccc7)ccc5n6-c5cc(C(C)(C)C)ccn5)ccc2)c[n+]4-c2c(cc(C(C)(C)C)cc2C(C)(C)C)-c2ccccc2-c2ccccc2-3)c([2H])c1[2H].[Pt+2]. The van der Waals surface area contributed by atoms with Gasteiger partial charge in [-0.1, -0.05) is 262 Å². The van der Waals surface area contributed by atoms with E-state index in [0.717, 1.165) is 88.9 Å². The first-order valence-electron chi connectivity index (χ1n) is 33.5. The first-order valence-corrected chi connectivity index (χ1v) is 33.0. The summed E-state index contributed by atoms with van der Waals surface area (Å²) in [5.41, 5.74) is 14.4. The Labute approximate surface area is 557 Å². The molecule has 0 unspecified atom stereocenters. The zero-order valence-corrected chi connectivity index (χ0v) is 55.8. The van der Waals surface area contributed by atoms with Gasteiger partial charge in [0.1, 0.15) is 11.5 Å². The number of benzene rings is 11. The van der Waals surface area contributed by atoms with Crippen LogP contribution in [-0.2, 0) is 37.3 Å². The summed E-state index contributed by atoms with van der Waals surface area (Å²) in [5.74, 6) is 1.70. The van der Waals surface area contributed by atoms with Crippen molar-refractivity contribution in [2.24, 2.45) is 0 Å². The van der Waals surface area contributed by atoms with Gasteiger partial charge < -0.3 is 9.30 Å². The molecule has 0 aliphatic carbocycles. The summed E-state index contributed by atoms with van der Waals surface area (Å²) in [4.78, 5) is 5.10. The molecule has 0 bridgehead atoms. The summed E-state index contributed by atoms with van der Waals surface area (Å²) >= 11 is 0. The zero-order valence-electron chi connectivity index (χ0n) is 57.5. The van der Waals surface area contributed by atoms with Crippen LogP contribution in [0.3, 0.4) is 0 Å².